The number of nitro benzene ring substituents is 1. The smallest absolute Gasteiger partial charge is 0.310 e. The van der Waals surface area contributed by atoms with E-state index < -0.39 is 4.92 Å². The number of hydrogen-bond acceptors (Lipinski definition) is 5. The highest BCUT2D eigenvalue weighted by molar-refractivity contribution is 6.21. The summed E-state index contributed by atoms with van der Waals surface area (Å²) in [6.45, 7) is 0.888. The van der Waals surface area contributed by atoms with E-state index in [1.807, 2.05) is 0 Å². The summed E-state index contributed by atoms with van der Waals surface area (Å²) in [7, 11) is 1.59. The molecule has 0 aliphatic heterocycles. The van der Waals surface area contributed by atoms with Crippen molar-refractivity contribution in [3.8, 4) is 5.75 Å². The molecule has 7 heteroatoms. The van der Waals surface area contributed by atoms with Crippen LogP contribution < -0.4 is 4.74 Å². The zero-order valence-electron chi connectivity index (χ0n) is 11.0. The topological polar surface area (TPSA) is 70.8 Å². The van der Waals surface area contributed by atoms with Crippen LogP contribution >= 0.6 is 11.6 Å². The van der Waals surface area contributed by atoms with Gasteiger partial charge in [-0.1, -0.05) is 12.1 Å². The average Bonchev–Trinajstić information content (AvgIpc) is 2.43. The van der Waals surface area contributed by atoms with Gasteiger partial charge in [0.05, 0.1) is 23.5 Å². The number of methoxy groups -OCH3 is 1. The Hall–Kier alpha value is -1.37. The van der Waals surface area contributed by atoms with Crippen molar-refractivity contribution in [1.82, 2.24) is 0 Å². The summed E-state index contributed by atoms with van der Waals surface area (Å²) in [4.78, 5) is 10.5. The average molecular weight is 302 g/mol. The Balaban J connectivity index is 1.98. The molecule has 3 unspecified atom stereocenters. The van der Waals surface area contributed by atoms with Gasteiger partial charge < -0.3 is 14.2 Å². The molecule has 0 spiro atoms. The van der Waals surface area contributed by atoms with E-state index in [0.29, 0.717) is 19.6 Å². The quantitative estimate of drug-likeness (QED) is 0.335. The summed E-state index contributed by atoms with van der Waals surface area (Å²) in [6.07, 6.45) is 0.0627. The van der Waals surface area contributed by atoms with E-state index in [1.54, 1.807) is 25.3 Å². The maximum Gasteiger partial charge on any atom is 0.310 e. The molecule has 1 aromatic rings. The SMILES string of the molecule is COCCOC1C(Cl)CC1Oc1ccccc1[N+](=O)[O-]. The van der Waals surface area contributed by atoms with Crippen molar-refractivity contribution in [2.45, 2.75) is 24.0 Å². The Morgan fingerprint density at radius 2 is 2.15 bits per heavy atom. The van der Waals surface area contributed by atoms with Gasteiger partial charge in [-0.2, -0.15) is 0 Å². The molecule has 20 heavy (non-hydrogen) atoms. The Labute approximate surface area is 121 Å². The molecule has 0 N–H and O–H groups in total. The van der Waals surface area contributed by atoms with Crippen LogP contribution in [-0.4, -0.2) is 42.8 Å². The van der Waals surface area contributed by atoms with Crippen molar-refractivity contribution in [2.24, 2.45) is 0 Å². The predicted molar refractivity (Wildman–Crippen MR) is 73.4 cm³/mol. The number of halogens is 1. The fraction of sp³-hybridized carbons (Fsp3) is 0.538. The van der Waals surface area contributed by atoms with Crippen LogP contribution in [0.15, 0.2) is 24.3 Å². The molecular weight excluding hydrogens is 286 g/mol. The molecule has 110 valence electrons. The maximum absolute atomic E-state index is 10.9. The van der Waals surface area contributed by atoms with E-state index in [-0.39, 0.29) is 29.0 Å². The molecule has 0 heterocycles. The van der Waals surface area contributed by atoms with Crippen molar-refractivity contribution in [2.75, 3.05) is 20.3 Å². The highest BCUT2D eigenvalue weighted by atomic mass is 35.5. The minimum atomic E-state index is -0.465. The molecule has 6 nitrogen and oxygen atoms in total. The number of ether oxygens (including phenoxy) is 3. The van der Waals surface area contributed by atoms with Crippen molar-refractivity contribution in [3.05, 3.63) is 34.4 Å². The highest BCUT2D eigenvalue weighted by Crippen LogP contribution is 2.36. The second kappa shape index (κ2) is 6.88. The van der Waals surface area contributed by atoms with E-state index in [9.17, 15) is 10.1 Å². The Bertz CT molecular complexity index is 470. The van der Waals surface area contributed by atoms with Crippen LogP contribution in [0.5, 0.6) is 5.75 Å². The molecule has 0 bridgehead atoms. The van der Waals surface area contributed by atoms with Gasteiger partial charge in [0.25, 0.3) is 0 Å². The first kappa shape index (κ1) is 15.0. The molecule has 1 aliphatic carbocycles. The summed E-state index contributed by atoms with van der Waals surface area (Å²) in [6, 6.07) is 6.28. The fourth-order valence-corrected chi connectivity index (χ4v) is 2.40. The van der Waals surface area contributed by atoms with Gasteiger partial charge in [-0.3, -0.25) is 10.1 Å². The molecule has 0 amide bonds. The van der Waals surface area contributed by atoms with Crippen LogP contribution in [0.25, 0.3) is 0 Å². The summed E-state index contributed by atoms with van der Waals surface area (Å²) in [5.74, 6) is 0.242. The molecule has 1 aliphatic rings. The molecule has 0 saturated heterocycles. The lowest BCUT2D eigenvalue weighted by molar-refractivity contribution is -0.386. The van der Waals surface area contributed by atoms with E-state index >= 15 is 0 Å². The number of para-hydroxylation sites is 2. The van der Waals surface area contributed by atoms with Crippen LogP contribution in [-0.2, 0) is 9.47 Å². The minimum absolute atomic E-state index is 0.0545. The van der Waals surface area contributed by atoms with Gasteiger partial charge in [0.2, 0.25) is 0 Å². The number of rotatable bonds is 7. The van der Waals surface area contributed by atoms with Gasteiger partial charge in [0, 0.05) is 19.6 Å². The standard InChI is InChI=1S/C13H16ClNO5/c1-18-6-7-19-13-9(14)8-12(13)20-11-5-3-2-4-10(11)15(16)17/h2-5,9,12-13H,6-8H2,1H3. The van der Waals surface area contributed by atoms with Crippen molar-refractivity contribution in [3.63, 3.8) is 0 Å². The van der Waals surface area contributed by atoms with E-state index in [0.717, 1.165) is 0 Å². The van der Waals surface area contributed by atoms with Crippen molar-refractivity contribution >= 4 is 17.3 Å². The molecule has 1 aromatic carbocycles. The first-order valence-corrected chi connectivity index (χ1v) is 6.72. The molecule has 2 rings (SSSR count). The third-order valence-corrected chi connectivity index (χ3v) is 3.54. The molecule has 3 atom stereocenters. The summed E-state index contributed by atoms with van der Waals surface area (Å²) < 4.78 is 16.1. The maximum atomic E-state index is 10.9. The molecular formula is C13H16ClNO5. The van der Waals surface area contributed by atoms with Crippen LogP contribution in [0.2, 0.25) is 0 Å². The number of alkyl halides is 1. The van der Waals surface area contributed by atoms with Crippen molar-refractivity contribution < 1.29 is 19.1 Å². The van der Waals surface area contributed by atoms with Crippen LogP contribution in [0.1, 0.15) is 6.42 Å². The Kier molecular flexibility index (Phi) is 5.17. The van der Waals surface area contributed by atoms with Gasteiger partial charge in [0.15, 0.2) is 5.75 Å². The molecule has 0 radical (unpaired) electrons. The second-order valence-electron chi connectivity index (χ2n) is 4.46. The third-order valence-electron chi connectivity index (χ3n) is 3.12. The van der Waals surface area contributed by atoms with E-state index in [2.05, 4.69) is 0 Å². The predicted octanol–water partition coefficient (Wildman–Crippen LogP) is 2.38. The Morgan fingerprint density at radius 1 is 1.40 bits per heavy atom. The largest absolute Gasteiger partial charge is 0.481 e. The zero-order chi connectivity index (χ0) is 14.5. The van der Waals surface area contributed by atoms with Gasteiger partial charge in [0.1, 0.15) is 12.2 Å². The lowest BCUT2D eigenvalue weighted by Gasteiger charge is -2.40. The number of nitrogens with zero attached hydrogens (tertiary/aromatic N) is 1. The van der Waals surface area contributed by atoms with Gasteiger partial charge in [-0.25, -0.2) is 0 Å². The number of benzene rings is 1. The van der Waals surface area contributed by atoms with Gasteiger partial charge in [-0.15, -0.1) is 11.6 Å². The lowest BCUT2D eigenvalue weighted by Crippen LogP contribution is -2.53. The summed E-state index contributed by atoms with van der Waals surface area (Å²) in [5, 5.41) is 10.8. The van der Waals surface area contributed by atoms with Crippen LogP contribution in [0, 0.1) is 10.1 Å². The molecule has 1 saturated carbocycles. The summed E-state index contributed by atoms with van der Waals surface area (Å²) >= 11 is 6.08. The van der Waals surface area contributed by atoms with Crippen LogP contribution in [0.4, 0.5) is 5.69 Å². The molecule has 1 fully saturated rings. The monoisotopic (exact) mass is 301 g/mol. The number of hydrogen-bond donors (Lipinski definition) is 0. The molecule has 0 aromatic heterocycles. The zero-order valence-corrected chi connectivity index (χ0v) is 11.8. The van der Waals surface area contributed by atoms with Gasteiger partial charge in [-0.05, 0) is 6.07 Å². The Morgan fingerprint density at radius 3 is 2.80 bits per heavy atom. The first-order valence-electron chi connectivity index (χ1n) is 6.28. The van der Waals surface area contributed by atoms with Crippen molar-refractivity contribution in [1.29, 1.82) is 0 Å². The normalized spacial score (nSPS) is 25.0. The van der Waals surface area contributed by atoms with Crippen LogP contribution in [0.3, 0.4) is 0 Å². The lowest BCUT2D eigenvalue weighted by atomic mass is 9.91. The minimum Gasteiger partial charge on any atom is -0.481 e. The first-order chi connectivity index (χ1) is 9.63. The van der Waals surface area contributed by atoms with E-state index in [4.69, 9.17) is 25.8 Å². The second-order valence-corrected chi connectivity index (χ2v) is 5.02. The summed E-state index contributed by atoms with van der Waals surface area (Å²) in [5.41, 5.74) is -0.0545. The highest BCUT2D eigenvalue weighted by Gasteiger charge is 2.43. The third kappa shape index (κ3) is 3.39. The number of nitro groups is 1. The fourth-order valence-electron chi connectivity index (χ4n) is 1.99. The van der Waals surface area contributed by atoms with E-state index in [1.165, 1.54) is 6.07 Å². The van der Waals surface area contributed by atoms with Gasteiger partial charge >= 0.3 is 5.69 Å².